The van der Waals surface area contributed by atoms with Crippen molar-refractivity contribution in [2.45, 2.75) is 1.43 Å². The summed E-state index contributed by atoms with van der Waals surface area (Å²) in [5, 5.41) is 0. The van der Waals surface area contributed by atoms with Gasteiger partial charge in [-0.3, -0.25) is 0 Å². The van der Waals surface area contributed by atoms with Crippen molar-refractivity contribution in [3.8, 4) is 0 Å². The van der Waals surface area contributed by atoms with E-state index in [0.29, 0.717) is 0 Å². The van der Waals surface area contributed by atoms with Crippen molar-refractivity contribution in [3.05, 3.63) is 32.4 Å². The van der Waals surface area contributed by atoms with Crippen LogP contribution in [0.1, 0.15) is 3.58 Å². The van der Waals surface area contributed by atoms with Crippen LogP contribution >= 0.6 is 45.2 Å². The van der Waals surface area contributed by atoms with Gasteiger partial charge in [0.2, 0.25) is 0 Å². The van der Waals surface area contributed by atoms with Crippen LogP contribution in [0.5, 0.6) is 0 Å². The van der Waals surface area contributed by atoms with E-state index in [2.05, 4.69) is 68.0 Å². The molecule has 1 aromatic rings. The molecule has 0 unspecified atom stereocenters. The molecule has 1 rings (SSSR count). The van der Waals surface area contributed by atoms with Gasteiger partial charge in [0.15, 0.2) is 0 Å². The third-order valence-electron chi connectivity index (χ3n) is 1.11. The van der Waals surface area contributed by atoms with Gasteiger partial charge in [-0.1, -0.05) is 0 Å². The van der Waals surface area contributed by atoms with Crippen LogP contribution < -0.4 is 0 Å². The molecule has 0 saturated carbocycles. The molecule has 0 aliphatic heterocycles. The second kappa shape index (κ2) is 3.92. The average Bonchev–Trinajstić information content (AvgIpc) is 2.38. The zero-order valence-electron chi connectivity index (χ0n) is 5.18. The normalized spacial score (nSPS) is 11.4. The van der Waals surface area contributed by atoms with E-state index in [1.807, 2.05) is 6.08 Å². The van der Waals surface area contributed by atoms with Gasteiger partial charge in [-0.15, -0.1) is 0 Å². The van der Waals surface area contributed by atoms with E-state index in [0.717, 1.165) is 0 Å². The van der Waals surface area contributed by atoms with E-state index in [1.54, 1.807) is 3.58 Å². The van der Waals surface area contributed by atoms with E-state index in [1.165, 1.54) is 0 Å². The van der Waals surface area contributed by atoms with Gasteiger partial charge >= 0.3 is 99.5 Å². The Morgan fingerprint density at radius 1 is 1.60 bits per heavy atom. The van der Waals surface area contributed by atoms with Crippen LogP contribution in [0.4, 0.5) is 0 Å². The quantitative estimate of drug-likeness (QED) is 0.269. The first-order valence-corrected chi connectivity index (χ1v) is 7.39. The zero-order chi connectivity index (χ0) is 7.61. The third kappa shape index (κ3) is 2.23. The number of hydrogen-bond acceptors (Lipinski definition) is 0. The molecule has 0 spiro atoms. The molecule has 10 heavy (non-hydrogen) atoms. The summed E-state index contributed by atoms with van der Waals surface area (Å²) < 4.78 is 4.05. The first kappa shape index (κ1) is 9.56. The summed E-state index contributed by atoms with van der Waals surface area (Å²) in [5.41, 5.74) is 0. The third-order valence-corrected chi connectivity index (χ3v) is 8.29. The Balaban J connectivity index is 2.95. The van der Waals surface area contributed by atoms with Gasteiger partial charge in [-0.25, -0.2) is 0 Å². The Labute approximate surface area is 98.0 Å². The van der Waals surface area contributed by atoms with Crippen molar-refractivity contribution in [2.75, 3.05) is 0 Å². The predicted molar refractivity (Wildman–Crippen MR) is 63.3 cm³/mol. The number of rotatable bonds is 2. The minimum atomic E-state index is 0.00962. The monoisotopic (exact) mass is 474 g/mol. The van der Waals surface area contributed by atoms with Gasteiger partial charge in [0, 0.05) is 0 Å². The van der Waals surface area contributed by atoms with Crippen LogP contribution in [0.25, 0.3) is 0 Å². The van der Waals surface area contributed by atoms with Crippen LogP contribution in [-0.2, 0) is 1.43 Å². The summed E-state index contributed by atoms with van der Waals surface area (Å²) in [7, 11) is 0. The average molecular weight is 472 g/mol. The first-order valence-electron chi connectivity index (χ1n) is 2.72. The molecule has 0 atom stereocenters. The standard InChI is InChI=1S/C7H6I2Te/c1-2-7(8,9)6-4-3-5-10-6/h2-5H,1H2. The molecular weight excluding hydrogens is 465 g/mol. The van der Waals surface area contributed by atoms with Crippen molar-refractivity contribution >= 4 is 65.6 Å². The van der Waals surface area contributed by atoms with Crippen molar-refractivity contribution < 1.29 is 0 Å². The molecule has 0 aliphatic carbocycles. The van der Waals surface area contributed by atoms with Crippen molar-refractivity contribution in [2.24, 2.45) is 0 Å². The fourth-order valence-corrected chi connectivity index (χ4v) is 4.64. The molecule has 0 bridgehead atoms. The van der Waals surface area contributed by atoms with Crippen LogP contribution in [0.15, 0.2) is 28.9 Å². The fourth-order valence-electron chi connectivity index (χ4n) is 0.569. The first-order chi connectivity index (χ1) is 4.67. The molecule has 0 amide bonds. The van der Waals surface area contributed by atoms with Gasteiger partial charge in [0.1, 0.15) is 0 Å². The van der Waals surface area contributed by atoms with Crippen LogP contribution in [0.3, 0.4) is 0 Å². The van der Waals surface area contributed by atoms with E-state index in [-0.39, 0.29) is 21.9 Å². The second-order valence-electron chi connectivity index (χ2n) is 1.80. The number of alkyl halides is 2. The summed E-state index contributed by atoms with van der Waals surface area (Å²) in [6, 6.07) is 4.38. The second-order valence-corrected chi connectivity index (χ2v) is 9.98. The van der Waals surface area contributed by atoms with Gasteiger partial charge in [0.25, 0.3) is 0 Å². The summed E-state index contributed by atoms with van der Waals surface area (Å²) in [6.45, 7) is 3.81. The van der Waals surface area contributed by atoms with E-state index >= 15 is 0 Å². The number of allylic oxidation sites excluding steroid dienone is 1. The zero-order valence-corrected chi connectivity index (χ0v) is 11.8. The molecule has 0 saturated heterocycles. The minimum absolute atomic E-state index is 0.00962. The maximum atomic E-state index is 3.81. The van der Waals surface area contributed by atoms with Gasteiger partial charge in [-0.05, 0) is 0 Å². The van der Waals surface area contributed by atoms with Gasteiger partial charge in [0.05, 0.1) is 0 Å². The van der Waals surface area contributed by atoms with E-state index in [9.17, 15) is 0 Å². The van der Waals surface area contributed by atoms with Crippen LogP contribution in [0.2, 0.25) is 0 Å². The predicted octanol–water partition coefficient (Wildman–Crippen LogP) is 2.95. The Kier molecular flexibility index (Phi) is 3.75. The molecule has 0 radical (unpaired) electrons. The van der Waals surface area contributed by atoms with Crippen LogP contribution in [-0.4, -0.2) is 20.4 Å². The molecule has 0 aliphatic rings. The molecule has 0 nitrogen and oxygen atoms in total. The summed E-state index contributed by atoms with van der Waals surface area (Å²) >= 11 is 4.88. The Morgan fingerprint density at radius 3 is 2.70 bits per heavy atom. The maximum absolute atomic E-state index is 3.81. The summed E-state index contributed by atoms with van der Waals surface area (Å²) in [5.74, 6) is 0. The van der Waals surface area contributed by atoms with E-state index < -0.39 is 0 Å². The van der Waals surface area contributed by atoms with Crippen LogP contribution in [0, 0.1) is 0 Å². The molecule has 54 valence electrons. The molecule has 0 fully saturated rings. The number of halogens is 2. The molecular formula is C7H6I2Te. The molecule has 3 heteroatoms. The molecule has 1 heterocycles. The topological polar surface area (TPSA) is 0 Å². The van der Waals surface area contributed by atoms with E-state index in [4.69, 9.17) is 0 Å². The summed E-state index contributed by atoms with van der Waals surface area (Å²) in [4.78, 5) is 0. The Hall–Kier alpha value is 1.47. The fraction of sp³-hybridized carbons (Fsp3) is 0.143. The Morgan fingerprint density at radius 2 is 2.30 bits per heavy atom. The molecule has 0 aromatic carbocycles. The SMILES string of the molecule is C=CC(I)(I)c1ccc[te]1. The summed E-state index contributed by atoms with van der Waals surface area (Å²) in [6.07, 6.45) is 2.01. The van der Waals surface area contributed by atoms with Gasteiger partial charge < -0.3 is 0 Å². The molecule has 0 N–H and O–H groups in total. The van der Waals surface area contributed by atoms with Crippen molar-refractivity contribution in [1.82, 2.24) is 0 Å². The molecule has 1 aromatic heterocycles. The number of hydrogen-bond donors (Lipinski definition) is 0. The van der Waals surface area contributed by atoms with Crippen molar-refractivity contribution in [1.29, 1.82) is 0 Å². The van der Waals surface area contributed by atoms with Gasteiger partial charge in [-0.2, -0.15) is 0 Å². The Bertz CT molecular complexity index is 214. The van der Waals surface area contributed by atoms with Crippen molar-refractivity contribution in [3.63, 3.8) is 0 Å².